The number of nitrogens with one attached hydrogen (secondary N) is 2. The van der Waals surface area contributed by atoms with Crippen LogP contribution in [0.25, 0.3) is 0 Å². The van der Waals surface area contributed by atoms with E-state index in [1.165, 1.54) is 0 Å². The summed E-state index contributed by atoms with van der Waals surface area (Å²) in [5, 5.41) is 14.9. The van der Waals surface area contributed by atoms with Crippen LogP contribution in [0.4, 0.5) is 0 Å². The molecule has 0 aliphatic heterocycles. The van der Waals surface area contributed by atoms with E-state index < -0.39 is 0 Å². The normalized spacial score (nSPS) is 14.2. The van der Waals surface area contributed by atoms with Crippen molar-refractivity contribution in [2.75, 3.05) is 13.7 Å². The Hall–Kier alpha value is -1.39. The minimum Gasteiger partial charge on any atom is -0.394 e. The van der Waals surface area contributed by atoms with Crippen molar-refractivity contribution in [2.45, 2.75) is 19.0 Å². The first-order valence-electron chi connectivity index (χ1n) is 5.32. The summed E-state index contributed by atoms with van der Waals surface area (Å²) in [5.74, 6) is -0.120. The number of amides is 1. The molecule has 1 amide bonds. The maximum atomic E-state index is 11.6. The highest BCUT2D eigenvalue weighted by molar-refractivity contribution is 5.81. The Labute approximate surface area is 95.7 Å². The fourth-order valence-corrected chi connectivity index (χ4v) is 1.35. The maximum absolute atomic E-state index is 11.6. The Bertz CT molecular complexity index is 327. The number of hydrogen-bond donors (Lipinski definition) is 3. The monoisotopic (exact) mass is 222 g/mol. The summed E-state index contributed by atoms with van der Waals surface area (Å²) in [7, 11) is 1.72. The van der Waals surface area contributed by atoms with Crippen molar-refractivity contribution in [2.24, 2.45) is 0 Å². The molecular formula is C12H18N2O2. The van der Waals surface area contributed by atoms with Crippen molar-refractivity contribution in [1.29, 1.82) is 0 Å². The molecule has 0 aliphatic rings. The Kier molecular flexibility index (Phi) is 4.95. The van der Waals surface area contributed by atoms with E-state index in [9.17, 15) is 9.90 Å². The molecule has 88 valence electrons. The van der Waals surface area contributed by atoms with E-state index in [2.05, 4.69) is 10.6 Å². The second kappa shape index (κ2) is 6.25. The summed E-state index contributed by atoms with van der Waals surface area (Å²) in [6.45, 7) is 1.67. The molecule has 0 fully saturated rings. The fourth-order valence-electron chi connectivity index (χ4n) is 1.35. The van der Waals surface area contributed by atoms with Gasteiger partial charge in [0.1, 0.15) is 0 Å². The smallest absolute Gasteiger partial charge is 0.237 e. The molecule has 0 spiro atoms. The van der Waals surface area contributed by atoms with E-state index in [0.29, 0.717) is 0 Å². The van der Waals surface area contributed by atoms with Crippen LogP contribution in [0.15, 0.2) is 30.3 Å². The van der Waals surface area contributed by atoms with Crippen LogP contribution < -0.4 is 10.6 Å². The number of aliphatic hydroxyl groups is 1. The third-order valence-electron chi connectivity index (χ3n) is 2.53. The zero-order valence-electron chi connectivity index (χ0n) is 9.60. The summed E-state index contributed by atoms with van der Waals surface area (Å²) >= 11 is 0. The zero-order chi connectivity index (χ0) is 12.0. The van der Waals surface area contributed by atoms with Gasteiger partial charge in [0.2, 0.25) is 5.91 Å². The van der Waals surface area contributed by atoms with Gasteiger partial charge >= 0.3 is 0 Å². The van der Waals surface area contributed by atoms with E-state index in [1.807, 2.05) is 30.3 Å². The number of hydrogen-bond acceptors (Lipinski definition) is 3. The van der Waals surface area contributed by atoms with Gasteiger partial charge in [-0.3, -0.25) is 4.79 Å². The zero-order valence-corrected chi connectivity index (χ0v) is 9.60. The number of rotatable bonds is 5. The quantitative estimate of drug-likeness (QED) is 0.677. The Balaban J connectivity index is 2.66. The van der Waals surface area contributed by atoms with Crippen LogP contribution in [-0.4, -0.2) is 30.7 Å². The summed E-state index contributed by atoms with van der Waals surface area (Å²) in [5.41, 5.74) is 0.904. The van der Waals surface area contributed by atoms with Crippen LogP contribution in [-0.2, 0) is 4.79 Å². The summed E-state index contributed by atoms with van der Waals surface area (Å²) < 4.78 is 0. The van der Waals surface area contributed by atoms with E-state index >= 15 is 0 Å². The van der Waals surface area contributed by atoms with Gasteiger partial charge in [-0.15, -0.1) is 0 Å². The molecule has 0 saturated heterocycles. The molecule has 16 heavy (non-hydrogen) atoms. The van der Waals surface area contributed by atoms with Crippen LogP contribution in [0.5, 0.6) is 0 Å². The lowest BCUT2D eigenvalue weighted by molar-refractivity contribution is -0.123. The minimum atomic E-state index is -0.343. The van der Waals surface area contributed by atoms with E-state index in [1.54, 1.807) is 14.0 Å². The lowest BCUT2D eigenvalue weighted by Gasteiger charge is -2.19. The highest BCUT2D eigenvalue weighted by Gasteiger charge is 2.16. The third-order valence-corrected chi connectivity index (χ3v) is 2.53. The van der Waals surface area contributed by atoms with Crippen molar-refractivity contribution in [3.05, 3.63) is 35.9 Å². The van der Waals surface area contributed by atoms with Gasteiger partial charge in [-0.25, -0.2) is 0 Å². The number of carbonyl (C=O) groups is 1. The second-order valence-electron chi connectivity index (χ2n) is 3.66. The molecule has 0 heterocycles. The molecule has 0 radical (unpaired) electrons. The Morgan fingerprint density at radius 2 is 2.00 bits per heavy atom. The Morgan fingerprint density at radius 3 is 2.50 bits per heavy atom. The van der Waals surface area contributed by atoms with E-state index in [0.717, 1.165) is 5.56 Å². The van der Waals surface area contributed by atoms with Gasteiger partial charge in [0.25, 0.3) is 0 Å². The highest BCUT2D eigenvalue weighted by atomic mass is 16.3. The molecule has 4 heteroatoms. The highest BCUT2D eigenvalue weighted by Crippen LogP contribution is 2.11. The SMILES string of the molecule is CNC(C)C(=O)N[C@H](CO)c1ccccc1. The van der Waals surface area contributed by atoms with Crippen LogP contribution in [0.2, 0.25) is 0 Å². The van der Waals surface area contributed by atoms with Crippen molar-refractivity contribution in [3.8, 4) is 0 Å². The third kappa shape index (κ3) is 3.32. The minimum absolute atomic E-state index is 0.105. The number of likely N-dealkylation sites (N-methyl/N-ethyl adjacent to an activating group) is 1. The van der Waals surface area contributed by atoms with Gasteiger partial charge < -0.3 is 15.7 Å². The first kappa shape index (κ1) is 12.7. The molecular weight excluding hydrogens is 204 g/mol. The van der Waals surface area contributed by atoms with Crippen molar-refractivity contribution in [1.82, 2.24) is 10.6 Å². The fraction of sp³-hybridized carbons (Fsp3) is 0.417. The van der Waals surface area contributed by atoms with Gasteiger partial charge in [-0.1, -0.05) is 30.3 Å². The topological polar surface area (TPSA) is 61.4 Å². The largest absolute Gasteiger partial charge is 0.394 e. The summed E-state index contributed by atoms with van der Waals surface area (Å²) in [4.78, 5) is 11.6. The van der Waals surface area contributed by atoms with Crippen LogP contribution in [0.3, 0.4) is 0 Å². The summed E-state index contributed by atoms with van der Waals surface area (Å²) in [6, 6.07) is 8.81. The molecule has 1 unspecified atom stereocenters. The standard InChI is InChI=1S/C12H18N2O2/c1-9(13-2)12(16)14-11(8-15)10-6-4-3-5-7-10/h3-7,9,11,13,15H,8H2,1-2H3,(H,14,16)/t9?,11-/m1/s1. The molecule has 4 nitrogen and oxygen atoms in total. The predicted octanol–water partition coefficient (Wildman–Crippen LogP) is 0.444. The van der Waals surface area contributed by atoms with Crippen LogP contribution in [0, 0.1) is 0 Å². The molecule has 1 aromatic rings. The lowest BCUT2D eigenvalue weighted by Crippen LogP contribution is -2.42. The first-order chi connectivity index (χ1) is 7.69. The van der Waals surface area contributed by atoms with Gasteiger partial charge in [0, 0.05) is 0 Å². The molecule has 0 aromatic heterocycles. The summed E-state index contributed by atoms with van der Waals surface area (Å²) in [6.07, 6.45) is 0. The van der Waals surface area contributed by atoms with Crippen molar-refractivity contribution >= 4 is 5.91 Å². The van der Waals surface area contributed by atoms with Gasteiger partial charge in [0.15, 0.2) is 0 Å². The van der Waals surface area contributed by atoms with E-state index in [4.69, 9.17) is 0 Å². The average Bonchev–Trinajstić information content (AvgIpc) is 2.35. The van der Waals surface area contributed by atoms with Gasteiger partial charge in [-0.05, 0) is 19.5 Å². The van der Waals surface area contributed by atoms with Gasteiger partial charge in [0.05, 0.1) is 18.7 Å². The predicted molar refractivity (Wildman–Crippen MR) is 62.9 cm³/mol. The molecule has 2 atom stereocenters. The maximum Gasteiger partial charge on any atom is 0.237 e. The van der Waals surface area contributed by atoms with Crippen LogP contribution >= 0.6 is 0 Å². The number of aliphatic hydroxyl groups excluding tert-OH is 1. The molecule has 0 aliphatic carbocycles. The first-order valence-corrected chi connectivity index (χ1v) is 5.32. The second-order valence-corrected chi connectivity index (χ2v) is 3.66. The molecule has 3 N–H and O–H groups in total. The van der Waals surface area contributed by atoms with Crippen LogP contribution in [0.1, 0.15) is 18.5 Å². The van der Waals surface area contributed by atoms with Crippen molar-refractivity contribution in [3.63, 3.8) is 0 Å². The number of carbonyl (C=O) groups excluding carboxylic acids is 1. The van der Waals surface area contributed by atoms with Crippen molar-refractivity contribution < 1.29 is 9.90 Å². The Morgan fingerprint density at radius 1 is 1.38 bits per heavy atom. The molecule has 0 saturated carbocycles. The van der Waals surface area contributed by atoms with E-state index in [-0.39, 0.29) is 24.6 Å². The average molecular weight is 222 g/mol. The van der Waals surface area contributed by atoms with Gasteiger partial charge in [-0.2, -0.15) is 0 Å². The molecule has 0 bridgehead atoms. The molecule has 1 rings (SSSR count). The molecule has 1 aromatic carbocycles. The lowest BCUT2D eigenvalue weighted by atomic mass is 10.1. The number of benzene rings is 1.